The minimum Gasteiger partial charge on any atom is -0.338 e. The summed E-state index contributed by atoms with van der Waals surface area (Å²) < 4.78 is 1.92. The molecule has 0 unspecified atom stereocenters. The topological polar surface area (TPSA) is 63.9 Å². The van der Waals surface area contributed by atoms with Crippen LogP contribution < -0.4 is 0 Å². The Morgan fingerprint density at radius 2 is 2.04 bits per heavy atom. The summed E-state index contributed by atoms with van der Waals surface area (Å²) >= 11 is 0. The fourth-order valence-corrected chi connectivity index (χ4v) is 3.47. The van der Waals surface area contributed by atoms with E-state index in [1.165, 1.54) is 0 Å². The first kappa shape index (κ1) is 16.4. The van der Waals surface area contributed by atoms with Gasteiger partial charge < -0.3 is 4.90 Å². The van der Waals surface area contributed by atoms with Crippen molar-refractivity contribution < 1.29 is 4.79 Å². The number of aryl methyl sites for hydroxylation is 1. The first-order valence-electron chi connectivity index (χ1n) is 8.89. The summed E-state index contributed by atoms with van der Waals surface area (Å²) in [4.78, 5) is 28.1. The van der Waals surface area contributed by atoms with Gasteiger partial charge in [0.05, 0.1) is 11.9 Å². The van der Waals surface area contributed by atoms with Gasteiger partial charge in [0, 0.05) is 43.2 Å². The van der Waals surface area contributed by atoms with Gasteiger partial charge in [0.1, 0.15) is 5.82 Å². The van der Waals surface area contributed by atoms with Crippen LogP contribution in [0, 0.1) is 6.92 Å². The zero-order valence-electron chi connectivity index (χ0n) is 14.7. The molecule has 1 atom stereocenters. The fourth-order valence-electron chi connectivity index (χ4n) is 3.47. The molecule has 1 aliphatic rings. The molecule has 26 heavy (non-hydrogen) atoms. The summed E-state index contributed by atoms with van der Waals surface area (Å²) in [6.45, 7) is 3.40. The molecule has 0 radical (unpaired) electrons. The SMILES string of the molecule is Cc1nccn1-c1cncc([C@@H]2CCCN(C(=O)c3ccccc3)C2)n1. The Bertz CT molecular complexity index is 905. The van der Waals surface area contributed by atoms with Crippen molar-refractivity contribution in [2.45, 2.75) is 25.7 Å². The van der Waals surface area contributed by atoms with Crippen LogP contribution in [0.2, 0.25) is 0 Å². The number of rotatable bonds is 3. The molecule has 2 aromatic heterocycles. The Morgan fingerprint density at radius 1 is 1.19 bits per heavy atom. The van der Waals surface area contributed by atoms with Gasteiger partial charge >= 0.3 is 0 Å². The van der Waals surface area contributed by atoms with Gasteiger partial charge in [0.15, 0.2) is 5.82 Å². The normalized spacial score (nSPS) is 17.3. The lowest BCUT2D eigenvalue weighted by Crippen LogP contribution is -2.39. The van der Waals surface area contributed by atoms with Gasteiger partial charge in [-0.25, -0.2) is 9.97 Å². The van der Waals surface area contributed by atoms with Crippen LogP contribution in [-0.2, 0) is 0 Å². The number of likely N-dealkylation sites (tertiary alicyclic amines) is 1. The van der Waals surface area contributed by atoms with Crippen LogP contribution in [0.5, 0.6) is 0 Å². The van der Waals surface area contributed by atoms with Crippen molar-refractivity contribution in [1.29, 1.82) is 0 Å². The number of hydrogen-bond donors (Lipinski definition) is 0. The van der Waals surface area contributed by atoms with Gasteiger partial charge in [-0.2, -0.15) is 0 Å². The third-order valence-corrected chi connectivity index (χ3v) is 4.86. The molecule has 0 spiro atoms. The van der Waals surface area contributed by atoms with E-state index in [0.29, 0.717) is 6.54 Å². The standard InChI is InChI=1S/C20H21N5O/c1-15-22-9-11-25(15)19-13-21-12-18(23-19)17-8-5-10-24(14-17)20(26)16-6-3-2-4-7-16/h2-4,6-7,9,11-13,17H,5,8,10,14H2,1H3/t17-/m1/s1. The van der Waals surface area contributed by atoms with E-state index in [9.17, 15) is 4.79 Å². The third-order valence-electron chi connectivity index (χ3n) is 4.86. The second kappa shape index (κ2) is 7.07. The Morgan fingerprint density at radius 3 is 2.81 bits per heavy atom. The molecule has 132 valence electrons. The predicted octanol–water partition coefficient (Wildman–Crippen LogP) is 2.99. The maximum absolute atomic E-state index is 12.8. The molecule has 1 amide bonds. The van der Waals surface area contributed by atoms with E-state index in [2.05, 4.69) is 9.97 Å². The molecule has 4 rings (SSSR count). The van der Waals surface area contributed by atoms with Crippen molar-refractivity contribution in [1.82, 2.24) is 24.4 Å². The second-order valence-electron chi connectivity index (χ2n) is 6.60. The molecule has 1 saturated heterocycles. The van der Waals surface area contributed by atoms with Crippen LogP contribution in [-0.4, -0.2) is 43.4 Å². The summed E-state index contributed by atoms with van der Waals surface area (Å²) in [7, 11) is 0. The molecule has 0 saturated carbocycles. The van der Waals surface area contributed by atoms with Gasteiger partial charge in [-0.05, 0) is 31.9 Å². The Labute approximate surface area is 152 Å². The summed E-state index contributed by atoms with van der Waals surface area (Å²) in [6.07, 6.45) is 9.18. The first-order chi connectivity index (χ1) is 12.7. The lowest BCUT2D eigenvalue weighted by atomic mass is 9.94. The number of hydrogen-bond acceptors (Lipinski definition) is 4. The molecule has 6 heteroatoms. The van der Waals surface area contributed by atoms with Gasteiger partial charge in [0.25, 0.3) is 5.91 Å². The zero-order valence-corrected chi connectivity index (χ0v) is 14.7. The molecule has 1 fully saturated rings. The zero-order chi connectivity index (χ0) is 17.9. The average Bonchev–Trinajstić information content (AvgIpc) is 3.14. The van der Waals surface area contributed by atoms with Crippen LogP contribution in [0.3, 0.4) is 0 Å². The number of nitrogens with zero attached hydrogens (tertiary/aromatic N) is 5. The van der Waals surface area contributed by atoms with Crippen LogP contribution in [0.25, 0.3) is 5.82 Å². The molecule has 0 aliphatic carbocycles. The fraction of sp³-hybridized carbons (Fsp3) is 0.300. The molecular weight excluding hydrogens is 326 g/mol. The number of imidazole rings is 1. The summed E-state index contributed by atoms with van der Waals surface area (Å²) in [5.41, 5.74) is 1.67. The Balaban J connectivity index is 1.55. The highest BCUT2D eigenvalue weighted by molar-refractivity contribution is 5.94. The Hall–Kier alpha value is -3.02. The molecule has 6 nitrogen and oxygen atoms in total. The number of piperidine rings is 1. The predicted molar refractivity (Wildman–Crippen MR) is 98.2 cm³/mol. The van der Waals surface area contributed by atoms with Crippen molar-refractivity contribution in [3.05, 3.63) is 72.2 Å². The van der Waals surface area contributed by atoms with E-state index in [1.54, 1.807) is 12.4 Å². The van der Waals surface area contributed by atoms with Crippen molar-refractivity contribution in [2.75, 3.05) is 13.1 Å². The van der Waals surface area contributed by atoms with Crippen LogP contribution in [0.15, 0.2) is 55.1 Å². The minimum atomic E-state index is 0.0878. The smallest absolute Gasteiger partial charge is 0.253 e. The quantitative estimate of drug-likeness (QED) is 0.731. The monoisotopic (exact) mass is 347 g/mol. The second-order valence-corrected chi connectivity index (χ2v) is 6.60. The summed E-state index contributed by atoms with van der Waals surface area (Å²) in [5.74, 6) is 1.93. The van der Waals surface area contributed by atoms with E-state index >= 15 is 0 Å². The molecule has 3 aromatic rings. The number of carbonyl (C=O) groups is 1. The first-order valence-corrected chi connectivity index (χ1v) is 8.89. The molecule has 0 N–H and O–H groups in total. The highest BCUT2D eigenvalue weighted by atomic mass is 16.2. The molecule has 1 aliphatic heterocycles. The maximum Gasteiger partial charge on any atom is 0.253 e. The van der Waals surface area contributed by atoms with E-state index in [-0.39, 0.29) is 11.8 Å². The highest BCUT2D eigenvalue weighted by Crippen LogP contribution is 2.26. The van der Waals surface area contributed by atoms with Crippen LogP contribution >= 0.6 is 0 Å². The summed E-state index contributed by atoms with van der Waals surface area (Å²) in [5, 5.41) is 0. The van der Waals surface area contributed by atoms with Gasteiger partial charge in [-0.3, -0.25) is 14.3 Å². The number of aromatic nitrogens is 4. The molecule has 0 bridgehead atoms. The van der Waals surface area contributed by atoms with Crippen molar-refractivity contribution in [3.63, 3.8) is 0 Å². The lowest BCUT2D eigenvalue weighted by molar-refractivity contribution is 0.0706. The molecular formula is C20H21N5O. The lowest BCUT2D eigenvalue weighted by Gasteiger charge is -2.32. The third kappa shape index (κ3) is 3.22. The van der Waals surface area contributed by atoms with Crippen molar-refractivity contribution >= 4 is 5.91 Å². The van der Waals surface area contributed by atoms with Gasteiger partial charge in [-0.15, -0.1) is 0 Å². The highest BCUT2D eigenvalue weighted by Gasteiger charge is 2.26. The Kier molecular flexibility index (Phi) is 4.48. The van der Waals surface area contributed by atoms with Crippen LogP contribution in [0.4, 0.5) is 0 Å². The van der Waals surface area contributed by atoms with Crippen molar-refractivity contribution in [2.24, 2.45) is 0 Å². The number of benzene rings is 1. The van der Waals surface area contributed by atoms with Crippen molar-refractivity contribution in [3.8, 4) is 5.82 Å². The average molecular weight is 347 g/mol. The van der Waals surface area contributed by atoms with Crippen LogP contribution in [0.1, 0.15) is 40.6 Å². The van der Waals surface area contributed by atoms with Gasteiger partial charge in [0.2, 0.25) is 0 Å². The minimum absolute atomic E-state index is 0.0878. The van der Waals surface area contributed by atoms with E-state index in [0.717, 1.165) is 42.3 Å². The number of carbonyl (C=O) groups excluding carboxylic acids is 1. The molecule has 1 aromatic carbocycles. The van der Waals surface area contributed by atoms with E-state index < -0.39 is 0 Å². The maximum atomic E-state index is 12.8. The number of amides is 1. The van der Waals surface area contributed by atoms with Gasteiger partial charge in [-0.1, -0.05) is 18.2 Å². The largest absolute Gasteiger partial charge is 0.338 e. The van der Waals surface area contributed by atoms with E-state index in [1.807, 2.05) is 59.1 Å². The summed E-state index contributed by atoms with van der Waals surface area (Å²) in [6, 6.07) is 9.46. The van der Waals surface area contributed by atoms with E-state index in [4.69, 9.17) is 4.98 Å². The molecule has 3 heterocycles.